The standard InChI is InChI=1S/C24H30N2O4/c1-5-14-30-21-12-9-18(15-22(21)29-7-3)10-13-23(27)26-20-16-19(11-8-17(20)4)24(28)25-6-2/h8-13,15-16H,5-7,14H2,1-4H3,(H,25,28)(H,26,27)/b13-10+. The molecule has 0 aromatic heterocycles. The van der Waals surface area contributed by atoms with Crippen molar-refractivity contribution in [3.05, 3.63) is 59.2 Å². The lowest BCUT2D eigenvalue weighted by molar-refractivity contribution is -0.111. The van der Waals surface area contributed by atoms with Crippen molar-refractivity contribution in [3.63, 3.8) is 0 Å². The van der Waals surface area contributed by atoms with Gasteiger partial charge < -0.3 is 20.1 Å². The van der Waals surface area contributed by atoms with Gasteiger partial charge in [-0.1, -0.05) is 19.1 Å². The van der Waals surface area contributed by atoms with Gasteiger partial charge in [-0.25, -0.2) is 0 Å². The first-order valence-corrected chi connectivity index (χ1v) is 10.3. The molecule has 2 N–H and O–H groups in total. The van der Waals surface area contributed by atoms with Crippen LogP contribution in [0.4, 0.5) is 5.69 Å². The summed E-state index contributed by atoms with van der Waals surface area (Å²) >= 11 is 0. The van der Waals surface area contributed by atoms with Crippen LogP contribution < -0.4 is 20.1 Å². The largest absolute Gasteiger partial charge is 0.490 e. The van der Waals surface area contributed by atoms with Gasteiger partial charge in [-0.15, -0.1) is 0 Å². The number of hydrogen-bond acceptors (Lipinski definition) is 4. The molecule has 0 fully saturated rings. The van der Waals surface area contributed by atoms with Crippen molar-refractivity contribution in [3.8, 4) is 11.5 Å². The highest BCUT2D eigenvalue weighted by Gasteiger charge is 2.09. The summed E-state index contributed by atoms with van der Waals surface area (Å²) in [5.41, 5.74) is 2.81. The van der Waals surface area contributed by atoms with E-state index in [1.807, 2.05) is 52.0 Å². The number of nitrogens with one attached hydrogen (secondary N) is 2. The second kappa shape index (κ2) is 11.7. The predicted molar refractivity (Wildman–Crippen MR) is 120 cm³/mol. The molecule has 0 unspecified atom stereocenters. The number of anilines is 1. The molecule has 2 amide bonds. The minimum Gasteiger partial charge on any atom is -0.490 e. The van der Waals surface area contributed by atoms with Crippen LogP contribution in [0.3, 0.4) is 0 Å². The summed E-state index contributed by atoms with van der Waals surface area (Å²) in [4.78, 5) is 24.4. The summed E-state index contributed by atoms with van der Waals surface area (Å²) < 4.78 is 11.3. The van der Waals surface area contributed by atoms with Crippen LogP contribution in [0.25, 0.3) is 6.08 Å². The third-order valence-corrected chi connectivity index (χ3v) is 4.25. The highest BCUT2D eigenvalue weighted by molar-refractivity contribution is 6.03. The van der Waals surface area contributed by atoms with Crippen molar-refractivity contribution >= 4 is 23.6 Å². The molecule has 0 atom stereocenters. The van der Waals surface area contributed by atoms with Gasteiger partial charge in [0.25, 0.3) is 5.91 Å². The Morgan fingerprint density at radius 1 is 1.00 bits per heavy atom. The molecule has 0 saturated heterocycles. The topological polar surface area (TPSA) is 76.7 Å². The monoisotopic (exact) mass is 410 g/mol. The fourth-order valence-electron chi connectivity index (χ4n) is 2.73. The lowest BCUT2D eigenvalue weighted by Crippen LogP contribution is -2.23. The van der Waals surface area contributed by atoms with Crippen LogP contribution in [0.15, 0.2) is 42.5 Å². The number of benzene rings is 2. The van der Waals surface area contributed by atoms with Gasteiger partial charge in [0.2, 0.25) is 5.91 Å². The number of carbonyl (C=O) groups excluding carboxylic acids is 2. The number of hydrogen-bond donors (Lipinski definition) is 2. The van der Waals surface area contributed by atoms with Crippen LogP contribution in [0, 0.1) is 6.92 Å². The Kier molecular flexibility index (Phi) is 8.94. The van der Waals surface area contributed by atoms with Gasteiger partial charge in [0, 0.05) is 23.9 Å². The second-order valence-electron chi connectivity index (χ2n) is 6.70. The highest BCUT2D eigenvalue weighted by Crippen LogP contribution is 2.29. The highest BCUT2D eigenvalue weighted by atomic mass is 16.5. The van der Waals surface area contributed by atoms with Gasteiger partial charge in [-0.3, -0.25) is 9.59 Å². The minimum absolute atomic E-state index is 0.169. The summed E-state index contributed by atoms with van der Waals surface area (Å²) in [6.45, 7) is 9.39. The van der Waals surface area contributed by atoms with Crippen molar-refractivity contribution in [1.82, 2.24) is 5.32 Å². The number of aryl methyl sites for hydroxylation is 1. The number of amides is 2. The predicted octanol–water partition coefficient (Wildman–Crippen LogP) is 4.58. The molecule has 2 aromatic rings. The van der Waals surface area contributed by atoms with Crippen LogP contribution in [0.5, 0.6) is 11.5 Å². The lowest BCUT2D eigenvalue weighted by Gasteiger charge is -2.12. The smallest absolute Gasteiger partial charge is 0.251 e. The summed E-state index contributed by atoms with van der Waals surface area (Å²) in [6, 6.07) is 10.8. The molecule has 6 nitrogen and oxygen atoms in total. The normalized spacial score (nSPS) is 10.7. The maximum absolute atomic E-state index is 12.4. The molecule has 0 radical (unpaired) electrons. The average molecular weight is 411 g/mol. The lowest BCUT2D eigenvalue weighted by atomic mass is 10.1. The van der Waals surface area contributed by atoms with Gasteiger partial charge >= 0.3 is 0 Å². The molecule has 0 aliphatic carbocycles. The summed E-state index contributed by atoms with van der Waals surface area (Å²) in [5.74, 6) is 0.893. The number of ether oxygens (including phenoxy) is 2. The molecule has 0 saturated carbocycles. The van der Waals surface area contributed by atoms with Crippen LogP contribution in [-0.4, -0.2) is 31.6 Å². The summed E-state index contributed by atoms with van der Waals surface area (Å²) in [5, 5.41) is 5.59. The average Bonchev–Trinajstić information content (AvgIpc) is 2.73. The molecule has 0 aliphatic heterocycles. The van der Waals surface area contributed by atoms with E-state index in [0.29, 0.717) is 42.5 Å². The van der Waals surface area contributed by atoms with Crippen LogP contribution in [0.2, 0.25) is 0 Å². The molecule has 30 heavy (non-hydrogen) atoms. The van der Waals surface area contributed by atoms with Gasteiger partial charge in [0.15, 0.2) is 11.5 Å². The van der Waals surface area contributed by atoms with E-state index in [2.05, 4.69) is 10.6 Å². The van der Waals surface area contributed by atoms with Crippen molar-refractivity contribution in [2.24, 2.45) is 0 Å². The fourth-order valence-corrected chi connectivity index (χ4v) is 2.73. The second-order valence-corrected chi connectivity index (χ2v) is 6.70. The van der Waals surface area contributed by atoms with Crippen LogP contribution >= 0.6 is 0 Å². The molecular formula is C24H30N2O4. The molecule has 6 heteroatoms. The van der Waals surface area contributed by atoms with Gasteiger partial charge in [0.05, 0.1) is 13.2 Å². The Labute approximate surface area is 178 Å². The molecule has 2 aromatic carbocycles. The molecule has 160 valence electrons. The number of carbonyl (C=O) groups is 2. The first kappa shape index (κ1) is 23.0. The zero-order chi connectivity index (χ0) is 21.9. The van der Waals surface area contributed by atoms with Crippen molar-refractivity contribution in [1.29, 1.82) is 0 Å². The number of rotatable bonds is 10. The Bertz CT molecular complexity index is 906. The SMILES string of the molecule is CCCOc1ccc(/C=C/C(=O)Nc2cc(C(=O)NCC)ccc2C)cc1OCC. The van der Waals surface area contributed by atoms with E-state index in [1.54, 1.807) is 18.2 Å². The van der Waals surface area contributed by atoms with E-state index in [-0.39, 0.29) is 11.8 Å². The fraction of sp³-hybridized carbons (Fsp3) is 0.333. The van der Waals surface area contributed by atoms with Gasteiger partial charge in [0.1, 0.15) is 0 Å². The minimum atomic E-state index is -0.282. The Balaban J connectivity index is 2.11. The molecule has 0 bridgehead atoms. The summed E-state index contributed by atoms with van der Waals surface area (Å²) in [7, 11) is 0. The van der Waals surface area contributed by atoms with E-state index in [4.69, 9.17) is 9.47 Å². The zero-order valence-corrected chi connectivity index (χ0v) is 18.1. The zero-order valence-electron chi connectivity index (χ0n) is 18.1. The maximum atomic E-state index is 12.4. The quantitative estimate of drug-likeness (QED) is 0.562. The third kappa shape index (κ3) is 6.65. The van der Waals surface area contributed by atoms with E-state index < -0.39 is 0 Å². The first-order valence-electron chi connectivity index (χ1n) is 10.3. The summed E-state index contributed by atoms with van der Waals surface area (Å²) in [6.07, 6.45) is 4.08. The molecule has 0 spiro atoms. The molecular weight excluding hydrogens is 380 g/mol. The van der Waals surface area contributed by atoms with Crippen molar-refractivity contribution < 1.29 is 19.1 Å². The van der Waals surface area contributed by atoms with Crippen LogP contribution in [-0.2, 0) is 4.79 Å². The van der Waals surface area contributed by atoms with Crippen LogP contribution in [0.1, 0.15) is 48.7 Å². The van der Waals surface area contributed by atoms with Gasteiger partial charge in [-0.2, -0.15) is 0 Å². The first-order chi connectivity index (χ1) is 14.5. The van der Waals surface area contributed by atoms with Crippen molar-refractivity contribution in [2.75, 3.05) is 25.1 Å². The third-order valence-electron chi connectivity index (χ3n) is 4.25. The van der Waals surface area contributed by atoms with E-state index in [1.165, 1.54) is 6.08 Å². The Hall–Kier alpha value is -3.28. The Morgan fingerprint density at radius 2 is 1.80 bits per heavy atom. The van der Waals surface area contributed by atoms with E-state index in [9.17, 15) is 9.59 Å². The van der Waals surface area contributed by atoms with E-state index >= 15 is 0 Å². The van der Waals surface area contributed by atoms with Crippen molar-refractivity contribution in [2.45, 2.75) is 34.1 Å². The maximum Gasteiger partial charge on any atom is 0.251 e. The Morgan fingerprint density at radius 3 is 2.50 bits per heavy atom. The molecule has 2 rings (SSSR count). The van der Waals surface area contributed by atoms with E-state index in [0.717, 1.165) is 17.5 Å². The molecule has 0 aliphatic rings. The van der Waals surface area contributed by atoms with Gasteiger partial charge in [-0.05, 0) is 68.7 Å². The molecule has 0 heterocycles.